The van der Waals surface area contributed by atoms with Gasteiger partial charge >= 0.3 is 0 Å². The molecule has 1 heterocycles. The van der Waals surface area contributed by atoms with Crippen LogP contribution in [0.5, 0.6) is 0 Å². The quantitative estimate of drug-likeness (QED) is 0.507. The second-order valence-corrected chi connectivity index (χ2v) is 9.29. The van der Waals surface area contributed by atoms with E-state index in [9.17, 15) is 18.0 Å². The lowest BCUT2D eigenvalue weighted by molar-refractivity contribution is 0.0847. The molecule has 0 saturated heterocycles. The first kappa shape index (κ1) is 21.3. The first-order valence-electron chi connectivity index (χ1n) is 8.81. The van der Waals surface area contributed by atoms with Crippen LogP contribution in [-0.4, -0.2) is 34.3 Å². The molecular weight excluding hydrogens is 424 g/mol. The van der Waals surface area contributed by atoms with E-state index in [0.717, 1.165) is 17.0 Å². The Morgan fingerprint density at radius 3 is 2.17 bits per heavy atom. The summed E-state index contributed by atoms with van der Waals surface area (Å²) < 4.78 is 27.5. The largest absolute Gasteiger partial charge is 0.378 e. The number of thiophene rings is 1. The summed E-state index contributed by atoms with van der Waals surface area (Å²) in [5.74, 6) is -1.15. The number of hydrazine groups is 1. The molecule has 30 heavy (non-hydrogen) atoms. The highest BCUT2D eigenvalue weighted by atomic mass is 32.2. The van der Waals surface area contributed by atoms with E-state index < -0.39 is 21.8 Å². The zero-order valence-electron chi connectivity index (χ0n) is 16.2. The first-order chi connectivity index (χ1) is 14.3. The fraction of sp³-hybridized carbons (Fsp3) is 0.100. The second kappa shape index (κ2) is 8.97. The second-order valence-electron chi connectivity index (χ2n) is 6.43. The van der Waals surface area contributed by atoms with E-state index in [4.69, 9.17) is 0 Å². The van der Waals surface area contributed by atoms with Crippen molar-refractivity contribution < 1.29 is 18.0 Å². The summed E-state index contributed by atoms with van der Waals surface area (Å²) in [6, 6.07) is 16.1. The van der Waals surface area contributed by atoms with Gasteiger partial charge in [-0.3, -0.25) is 25.2 Å². The summed E-state index contributed by atoms with van der Waals surface area (Å²) >= 11 is 1.07. The number of benzene rings is 2. The lowest BCUT2D eigenvalue weighted by Crippen LogP contribution is -2.41. The monoisotopic (exact) mass is 444 g/mol. The van der Waals surface area contributed by atoms with Gasteiger partial charge in [0.05, 0.1) is 11.3 Å². The number of carbonyl (C=O) groups is 2. The zero-order valence-corrected chi connectivity index (χ0v) is 17.9. The van der Waals surface area contributed by atoms with Gasteiger partial charge in [-0.25, -0.2) is 8.42 Å². The Kier molecular flexibility index (Phi) is 6.38. The molecule has 0 unspecified atom stereocenters. The number of hydrogen-bond donors (Lipinski definition) is 3. The van der Waals surface area contributed by atoms with Crippen LogP contribution in [0.1, 0.15) is 20.7 Å². The Morgan fingerprint density at radius 1 is 0.867 bits per heavy atom. The van der Waals surface area contributed by atoms with Crippen LogP contribution in [0.15, 0.2) is 70.3 Å². The summed E-state index contributed by atoms with van der Waals surface area (Å²) in [6.07, 6.45) is 0. The van der Waals surface area contributed by atoms with Gasteiger partial charge in [0.2, 0.25) is 0 Å². The molecule has 0 spiro atoms. The minimum atomic E-state index is -3.81. The number of carbonyl (C=O) groups excluding carboxylic acids is 2. The average molecular weight is 445 g/mol. The smallest absolute Gasteiger partial charge is 0.271 e. The summed E-state index contributed by atoms with van der Waals surface area (Å²) in [5.41, 5.74) is 6.13. The summed E-state index contributed by atoms with van der Waals surface area (Å²) in [4.78, 5) is 26.7. The molecule has 3 rings (SSSR count). The van der Waals surface area contributed by atoms with Gasteiger partial charge in [-0.05, 0) is 47.8 Å². The van der Waals surface area contributed by atoms with Crippen molar-refractivity contribution in [3.8, 4) is 0 Å². The van der Waals surface area contributed by atoms with Crippen molar-refractivity contribution in [2.24, 2.45) is 0 Å². The molecule has 0 bridgehead atoms. The number of amides is 2. The third-order valence-corrected chi connectivity index (χ3v) is 6.87. The molecule has 0 radical (unpaired) electrons. The molecule has 0 saturated carbocycles. The molecular formula is C20H20N4O4S2. The van der Waals surface area contributed by atoms with Crippen molar-refractivity contribution in [1.29, 1.82) is 0 Å². The molecule has 8 nitrogen and oxygen atoms in total. The number of para-hydroxylation sites is 1. The number of nitrogens with zero attached hydrogens (tertiary/aromatic N) is 1. The van der Waals surface area contributed by atoms with Crippen molar-refractivity contribution in [2.45, 2.75) is 4.21 Å². The Balaban J connectivity index is 1.69. The normalized spacial score (nSPS) is 10.9. The van der Waals surface area contributed by atoms with E-state index in [-0.39, 0.29) is 15.5 Å². The highest BCUT2D eigenvalue weighted by Crippen LogP contribution is 2.22. The minimum Gasteiger partial charge on any atom is -0.378 e. The Bertz CT molecular complexity index is 1140. The maximum Gasteiger partial charge on any atom is 0.271 e. The number of anilines is 2. The van der Waals surface area contributed by atoms with E-state index in [0.29, 0.717) is 5.56 Å². The topological polar surface area (TPSA) is 108 Å². The lowest BCUT2D eigenvalue weighted by Gasteiger charge is -2.14. The van der Waals surface area contributed by atoms with Crippen LogP contribution in [0.2, 0.25) is 0 Å². The first-order valence-corrected chi connectivity index (χ1v) is 11.2. The molecule has 1 aromatic heterocycles. The van der Waals surface area contributed by atoms with Crippen molar-refractivity contribution in [3.63, 3.8) is 0 Å². The fourth-order valence-corrected chi connectivity index (χ4v) is 4.62. The highest BCUT2D eigenvalue weighted by Gasteiger charge is 2.19. The average Bonchev–Trinajstić information content (AvgIpc) is 3.28. The Morgan fingerprint density at radius 2 is 1.53 bits per heavy atom. The molecule has 2 amide bonds. The molecule has 156 valence electrons. The van der Waals surface area contributed by atoms with Crippen LogP contribution < -0.4 is 20.5 Å². The fourth-order valence-electron chi connectivity index (χ4n) is 2.55. The van der Waals surface area contributed by atoms with Crippen molar-refractivity contribution in [2.75, 3.05) is 23.7 Å². The van der Waals surface area contributed by atoms with Gasteiger partial charge in [-0.2, -0.15) is 0 Å². The molecule has 0 aliphatic rings. The number of hydrogen-bond acceptors (Lipinski definition) is 6. The number of nitrogens with one attached hydrogen (secondary N) is 3. The summed E-state index contributed by atoms with van der Waals surface area (Å²) in [7, 11) is -0.0376. The Hall–Kier alpha value is -3.37. The molecule has 2 aromatic carbocycles. The van der Waals surface area contributed by atoms with Crippen molar-refractivity contribution in [1.82, 2.24) is 10.9 Å². The zero-order chi connectivity index (χ0) is 21.7. The van der Waals surface area contributed by atoms with E-state index in [1.54, 1.807) is 47.8 Å². The van der Waals surface area contributed by atoms with Gasteiger partial charge < -0.3 is 4.90 Å². The Labute approximate surface area is 178 Å². The van der Waals surface area contributed by atoms with E-state index >= 15 is 0 Å². The summed E-state index contributed by atoms with van der Waals surface area (Å²) in [6.45, 7) is 0. The van der Waals surface area contributed by atoms with Gasteiger partial charge in [0.1, 0.15) is 4.21 Å². The van der Waals surface area contributed by atoms with Crippen molar-refractivity contribution >= 4 is 44.5 Å². The van der Waals surface area contributed by atoms with Gasteiger partial charge in [0.25, 0.3) is 21.8 Å². The maximum absolute atomic E-state index is 12.6. The number of rotatable bonds is 6. The van der Waals surface area contributed by atoms with Crippen LogP contribution >= 0.6 is 11.3 Å². The standard InChI is InChI=1S/C20H20N4O4S2/c1-24(2)15-11-9-14(10-12-15)19(25)21-22-20(26)16-6-3-4-7-17(16)23-30(27,28)18-8-5-13-29-18/h3-13,23H,1-2H3,(H,21,25)(H,22,26). The molecule has 0 fully saturated rings. The predicted octanol–water partition coefficient (Wildman–Crippen LogP) is 2.69. The van der Waals surface area contributed by atoms with Crippen LogP contribution in [0, 0.1) is 0 Å². The van der Waals surface area contributed by atoms with Crippen LogP contribution in [-0.2, 0) is 10.0 Å². The summed E-state index contributed by atoms with van der Waals surface area (Å²) in [5, 5.41) is 1.65. The molecule has 3 N–H and O–H groups in total. The van der Waals surface area contributed by atoms with Gasteiger partial charge in [-0.1, -0.05) is 18.2 Å². The SMILES string of the molecule is CN(C)c1ccc(C(=O)NNC(=O)c2ccccc2NS(=O)(=O)c2cccs2)cc1. The molecule has 3 aromatic rings. The number of sulfonamides is 1. The van der Waals surface area contributed by atoms with Gasteiger partial charge in [0, 0.05) is 25.3 Å². The van der Waals surface area contributed by atoms with Crippen molar-refractivity contribution in [3.05, 3.63) is 77.2 Å². The van der Waals surface area contributed by atoms with E-state index in [1.807, 2.05) is 19.0 Å². The maximum atomic E-state index is 12.6. The van der Waals surface area contributed by atoms with Gasteiger partial charge in [0.15, 0.2) is 0 Å². The molecule has 0 aliphatic heterocycles. The van der Waals surface area contributed by atoms with E-state index in [2.05, 4.69) is 15.6 Å². The van der Waals surface area contributed by atoms with Crippen LogP contribution in [0.3, 0.4) is 0 Å². The lowest BCUT2D eigenvalue weighted by atomic mass is 10.2. The van der Waals surface area contributed by atoms with Gasteiger partial charge in [-0.15, -0.1) is 11.3 Å². The third kappa shape index (κ3) is 4.97. The molecule has 10 heteroatoms. The highest BCUT2D eigenvalue weighted by molar-refractivity contribution is 7.94. The van der Waals surface area contributed by atoms with Crippen LogP contribution in [0.4, 0.5) is 11.4 Å². The predicted molar refractivity (Wildman–Crippen MR) is 117 cm³/mol. The third-order valence-electron chi connectivity index (χ3n) is 4.11. The molecule has 0 atom stereocenters. The molecule has 0 aliphatic carbocycles. The van der Waals surface area contributed by atoms with E-state index in [1.165, 1.54) is 18.2 Å². The minimum absolute atomic E-state index is 0.0703. The van der Waals surface area contributed by atoms with Crippen LogP contribution in [0.25, 0.3) is 0 Å².